The Kier molecular flexibility index (Phi) is 3.83. The number of benzene rings is 2. The lowest BCUT2D eigenvalue weighted by Crippen LogP contribution is -2.07. The monoisotopic (exact) mass is 270 g/mol. The highest BCUT2D eigenvalue weighted by atomic mass is 19.1. The Morgan fingerprint density at radius 1 is 1.00 bits per heavy atom. The summed E-state index contributed by atoms with van der Waals surface area (Å²) in [6, 6.07) is 12.7. The summed E-state index contributed by atoms with van der Waals surface area (Å²) in [6.45, 7) is 0. The molecule has 0 bridgehead atoms. The van der Waals surface area contributed by atoms with Crippen molar-refractivity contribution in [1.82, 2.24) is 0 Å². The number of aliphatic hydroxyl groups is 1. The lowest BCUT2D eigenvalue weighted by molar-refractivity contribution is 0.178. The van der Waals surface area contributed by atoms with E-state index in [0.29, 0.717) is 6.42 Å². The van der Waals surface area contributed by atoms with Gasteiger partial charge in [-0.3, -0.25) is 0 Å². The number of aryl methyl sites for hydroxylation is 2. The zero-order chi connectivity index (χ0) is 13.9. The molecule has 1 N–H and O–H groups in total. The van der Waals surface area contributed by atoms with Crippen LogP contribution < -0.4 is 0 Å². The van der Waals surface area contributed by atoms with Gasteiger partial charge in [0.1, 0.15) is 5.82 Å². The third-order valence-electron chi connectivity index (χ3n) is 4.08. The Balaban J connectivity index is 1.78. The topological polar surface area (TPSA) is 20.2 Å². The molecule has 0 radical (unpaired) electrons. The van der Waals surface area contributed by atoms with Gasteiger partial charge in [0, 0.05) is 6.42 Å². The van der Waals surface area contributed by atoms with Crippen molar-refractivity contribution in [3.05, 3.63) is 70.5 Å². The van der Waals surface area contributed by atoms with E-state index < -0.39 is 6.10 Å². The van der Waals surface area contributed by atoms with Gasteiger partial charge in [0.05, 0.1) is 6.10 Å². The number of aliphatic hydroxyl groups excluding tert-OH is 1. The molecular formula is C18H19FO. The first-order valence-corrected chi connectivity index (χ1v) is 7.26. The Labute approximate surface area is 119 Å². The molecule has 1 aliphatic carbocycles. The van der Waals surface area contributed by atoms with E-state index in [-0.39, 0.29) is 5.82 Å². The Hall–Kier alpha value is -1.67. The van der Waals surface area contributed by atoms with Crippen molar-refractivity contribution in [2.45, 2.75) is 38.2 Å². The summed E-state index contributed by atoms with van der Waals surface area (Å²) >= 11 is 0. The van der Waals surface area contributed by atoms with E-state index in [1.54, 1.807) is 6.07 Å². The van der Waals surface area contributed by atoms with Crippen molar-refractivity contribution in [2.24, 2.45) is 0 Å². The van der Waals surface area contributed by atoms with Crippen LogP contribution in [0, 0.1) is 5.82 Å². The summed E-state index contributed by atoms with van der Waals surface area (Å²) in [7, 11) is 0. The molecule has 1 nitrogen and oxygen atoms in total. The molecule has 20 heavy (non-hydrogen) atoms. The fraction of sp³-hybridized carbons (Fsp3) is 0.333. The summed E-state index contributed by atoms with van der Waals surface area (Å²) < 4.78 is 13.2. The molecule has 1 atom stereocenters. The summed E-state index contributed by atoms with van der Waals surface area (Å²) in [5.74, 6) is -0.250. The van der Waals surface area contributed by atoms with Gasteiger partial charge in [-0.2, -0.15) is 0 Å². The van der Waals surface area contributed by atoms with E-state index in [2.05, 4.69) is 12.1 Å². The molecule has 2 aromatic carbocycles. The molecule has 1 aliphatic rings. The van der Waals surface area contributed by atoms with E-state index >= 15 is 0 Å². The predicted molar refractivity (Wildman–Crippen MR) is 78.1 cm³/mol. The molecule has 0 heterocycles. The first-order chi connectivity index (χ1) is 9.72. The van der Waals surface area contributed by atoms with Gasteiger partial charge in [-0.25, -0.2) is 4.39 Å². The second-order valence-electron chi connectivity index (χ2n) is 5.59. The lowest BCUT2D eigenvalue weighted by atomic mass is 9.89. The average Bonchev–Trinajstić information content (AvgIpc) is 2.47. The minimum atomic E-state index is -0.566. The second-order valence-corrected chi connectivity index (χ2v) is 5.59. The van der Waals surface area contributed by atoms with Crippen LogP contribution in [0.4, 0.5) is 4.39 Å². The largest absolute Gasteiger partial charge is 0.388 e. The maximum Gasteiger partial charge on any atom is 0.123 e. The smallest absolute Gasteiger partial charge is 0.123 e. The van der Waals surface area contributed by atoms with Crippen molar-refractivity contribution in [2.75, 3.05) is 0 Å². The van der Waals surface area contributed by atoms with Crippen LogP contribution in [0.15, 0.2) is 42.5 Å². The molecular weight excluding hydrogens is 251 g/mol. The van der Waals surface area contributed by atoms with Crippen LogP contribution in [-0.2, 0) is 19.3 Å². The van der Waals surface area contributed by atoms with E-state index in [0.717, 1.165) is 24.0 Å². The van der Waals surface area contributed by atoms with Gasteiger partial charge in [-0.1, -0.05) is 30.3 Å². The van der Waals surface area contributed by atoms with E-state index in [1.807, 2.05) is 12.1 Å². The number of fused-ring (bicyclic) bond motifs is 1. The van der Waals surface area contributed by atoms with Crippen LogP contribution in [0.2, 0.25) is 0 Å². The standard InChI is InChI=1S/C18H19FO/c19-17-7-3-4-13(10-17)11-18(20)16-9-8-14-5-1-2-6-15(14)12-16/h3-4,7-10,12,18,20H,1-2,5-6,11H2. The Morgan fingerprint density at radius 2 is 1.80 bits per heavy atom. The summed E-state index contributed by atoms with van der Waals surface area (Å²) in [6.07, 6.45) is 4.64. The van der Waals surface area contributed by atoms with E-state index in [1.165, 1.54) is 36.1 Å². The highest BCUT2D eigenvalue weighted by Crippen LogP contribution is 2.26. The van der Waals surface area contributed by atoms with E-state index in [4.69, 9.17) is 0 Å². The highest BCUT2D eigenvalue weighted by Gasteiger charge is 2.14. The van der Waals surface area contributed by atoms with Gasteiger partial charge in [0.2, 0.25) is 0 Å². The Morgan fingerprint density at radius 3 is 2.60 bits per heavy atom. The number of hydrogen-bond donors (Lipinski definition) is 1. The van der Waals surface area contributed by atoms with Crippen molar-refractivity contribution in [1.29, 1.82) is 0 Å². The van der Waals surface area contributed by atoms with Gasteiger partial charge >= 0.3 is 0 Å². The average molecular weight is 270 g/mol. The Bertz CT molecular complexity index is 606. The molecule has 0 aromatic heterocycles. The van der Waals surface area contributed by atoms with Crippen molar-refractivity contribution >= 4 is 0 Å². The molecule has 0 amide bonds. The molecule has 0 spiro atoms. The second kappa shape index (κ2) is 5.76. The SMILES string of the molecule is OC(Cc1cccc(F)c1)c1ccc2c(c1)CCCC2. The highest BCUT2D eigenvalue weighted by molar-refractivity contribution is 5.35. The van der Waals surface area contributed by atoms with Crippen molar-refractivity contribution < 1.29 is 9.50 Å². The summed E-state index contributed by atoms with van der Waals surface area (Å²) in [5.41, 5.74) is 4.55. The zero-order valence-electron chi connectivity index (χ0n) is 11.5. The van der Waals surface area contributed by atoms with Crippen molar-refractivity contribution in [3.63, 3.8) is 0 Å². The molecule has 2 heteroatoms. The van der Waals surface area contributed by atoms with Gasteiger partial charge in [0.15, 0.2) is 0 Å². The molecule has 0 aliphatic heterocycles. The zero-order valence-corrected chi connectivity index (χ0v) is 11.5. The third-order valence-corrected chi connectivity index (χ3v) is 4.08. The quantitative estimate of drug-likeness (QED) is 0.894. The van der Waals surface area contributed by atoms with Gasteiger partial charge in [-0.05, 0) is 60.1 Å². The van der Waals surface area contributed by atoms with Gasteiger partial charge in [0.25, 0.3) is 0 Å². The fourth-order valence-electron chi connectivity index (χ4n) is 2.97. The maximum atomic E-state index is 13.2. The fourth-order valence-corrected chi connectivity index (χ4v) is 2.97. The first kappa shape index (κ1) is 13.3. The molecule has 0 saturated carbocycles. The maximum absolute atomic E-state index is 13.2. The van der Waals surface area contributed by atoms with Gasteiger partial charge in [-0.15, -0.1) is 0 Å². The lowest BCUT2D eigenvalue weighted by Gasteiger charge is -2.19. The van der Waals surface area contributed by atoms with Gasteiger partial charge < -0.3 is 5.11 Å². The molecule has 0 saturated heterocycles. The minimum absolute atomic E-state index is 0.250. The van der Waals surface area contributed by atoms with E-state index in [9.17, 15) is 9.50 Å². The van der Waals surface area contributed by atoms with Crippen LogP contribution in [0.5, 0.6) is 0 Å². The predicted octanol–water partition coefficient (Wildman–Crippen LogP) is 3.98. The molecule has 2 aromatic rings. The summed E-state index contributed by atoms with van der Waals surface area (Å²) in [4.78, 5) is 0. The van der Waals surface area contributed by atoms with Crippen LogP contribution in [0.25, 0.3) is 0 Å². The number of rotatable bonds is 3. The summed E-state index contributed by atoms with van der Waals surface area (Å²) in [5, 5.41) is 10.3. The normalized spacial score (nSPS) is 15.7. The molecule has 0 fully saturated rings. The molecule has 104 valence electrons. The van der Waals surface area contributed by atoms with Crippen LogP contribution >= 0.6 is 0 Å². The number of halogens is 1. The molecule has 3 rings (SSSR count). The minimum Gasteiger partial charge on any atom is -0.388 e. The number of hydrogen-bond acceptors (Lipinski definition) is 1. The van der Waals surface area contributed by atoms with Crippen LogP contribution in [0.1, 0.15) is 41.2 Å². The van der Waals surface area contributed by atoms with Crippen LogP contribution in [-0.4, -0.2) is 5.11 Å². The first-order valence-electron chi connectivity index (χ1n) is 7.26. The third kappa shape index (κ3) is 2.91. The van der Waals surface area contributed by atoms with Crippen LogP contribution in [0.3, 0.4) is 0 Å². The van der Waals surface area contributed by atoms with Crippen molar-refractivity contribution in [3.8, 4) is 0 Å². The molecule has 1 unspecified atom stereocenters.